The summed E-state index contributed by atoms with van der Waals surface area (Å²) in [7, 11) is 0. The second-order valence-electron chi connectivity index (χ2n) is 3.78. The van der Waals surface area contributed by atoms with Crippen LogP contribution in [0.2, 0.25) is 0 Å². The zero-order chi connectivity index (χ0) is 10.2. The summed E-state index contributed by atoms with van der Waals surface area (Å²) >= 11 is 0. The molecule has 0 amide bonds. The minimum Gasteiger partial charge on any atom is -0.498 e. The van der Waals surface area contributed by atoms with E-state index in [2.05, 4.69) is 6.92 Å². The molecule has 80 valence electrons. The lowest BCUT2D eigenvalue weighted by molar-refractivity contribution is 0.194. The predicted molar refractivity (Wildman–Crippen MR) is 59.7 cm³/mol. The number of ether oxygens (including phenoxy) is 1. The largest absolute Gasteiger partial charge is 0.498 e. The van der Waals surface area contributed by atoms with E-state index < -0.39 is 0 Å². The van der Waals surface area contributed by atoms with Crippen molar-refractivity contribution in [3.05, 3.63) is 23.6 Å². The van der Waals surface area contributed by atoms with Gasteiger partial charge in [-0.05, 0) is 25.0 Å². The lowest BCUT2D eigenvalue weighted by Crippen LogP contribution is -2.04. The molecule has 0 aromatic heterocycles. The number of hydrogen-bond acceptors (Lipinski definition) is 2. The highest BCUT2D eigenvalue weighted by atomic mass is 16.5. The maximum Gasteiger partial charge on any atom is 0.0964 e. The van der Waals surface area contributed by atoms with Gasteiger partial charge >= 0.3 is 0 Å². The van der Waals surface area contributed by atoms with Crippen molar-refractivity contribution < 1.29 is 4.74 Å². The molecule has 0 aromatic carbocycles. The Morgan fingerprint density at radius 2 is 2.07 bits per heavy atom. The third-order valence-electron chi connectivity index (χ3n) is 2.43. The lowest BCUT2D eigenvalue weighted by atomic mass is 10.1. The van der Waals surface area contributed by atoms with Gasteiger partial charge in [0.15, 0.2) is 0 Å². The standard InChI is InChI=1S/C12H21NO/c1-2-3-4-5-10-14-12-8-6-11(13)7-9-12/h6,8H,2-5,7,9-10,13H2,1H3. The van der Waals surface area contributed by atoms with E-state index in [1.165, 1.54) is 25.7 Å². The molecule has 0 saturated carbocycles. The third kappa shape index (κ3) is 4.35. The van der Waals surface area contributed by atoms with Gasteiger partial charge in [-0.2, -0.15) is 0 Å². The van der Waals surface area contributed by atoms with E-state index in [9.17, 15) is 0 Å². The topological polar surface area (TPSA) is 35.2 Å². The molecule has 2 N–H and O–H groups in total. The van der Waals surface area contributed by atoms with Gasteiger partial charge in [0, 0.05) is 12.1 Å². The van der Waals surface area contributed by atoms with E-state index in [1.54, 1.807) is 0 Å². The van der Waals surface area contributed by atoms with Gasteiger partial charge in [0.05, 0.1) is 12.4 Å². The molecule has 2 heteroatoms. The van der Waals surface area contributed by atoms with Crippen molar-refractivity contribution in [3.8, 4) is 0 Å². The van der Waals surface area contributed by atoms with Crippen LogP contribution in [0.3, 0.4) is 0 Å². The van der Waals surface area contributed by atoms with Crippen molar-refractivity contribution in [2.75, 3.05) is 6.61 Å². The summed E-state index contributed by atoms with van der Waals surface area (Å²) in [4.78, 5) is 0. The summed E-state index contributed by atoms with van der Waals surface area (Å²) in [5.74, 6) is 1.09. The van der Waals surface area contributed by atoms with Crippen molar-refractivity contribution >= 4 is 0 Å². The first-order valence-corrected chi connectivity index (χ1v) is 5.61. The van der Waals surface area contributed by atoms with Gasteiger partial charge in [0.25, 0.3) is 0 Å². The van der Waals surface area contributed by atoms with E-state index in [1.807, 2.05) is 12.2 Å². The molecule has 0 aromatic rings. The average molecular weight is 195 g/mol. The van der Waals surface area contributed by atoms with Crippen LogP contribution >= 0.6 is 0 Å². The summed E-state index contributed by atoms with van der Waals surface area (Å²) in [6.45, 7) is 3.08. The monoisotopic (exact) mass is 195 g/mol. The number of unbranched alkanes of at least 4 members (excludes halogenated alkanes) is 3. The van der Waals surface area contributed by atoms with Crippen molar-refractivity contribution in [2.24, 2.45) is 5.73 Å². The van der Waals surface area contributed by atoms with Gasteiger partial charge in [-0.1, -0.05) is 26.2 Å². The smallest absolute Gasteiger partial charge is 0.0964 e. The summed E-state index contributed by atoms with van der Waals surface area (Å²) < 4.78 is 5.64. The Morgan fingerprint density at radius 1 is 1.21 bits per heavy atom. The minimum absolute atomic E-state index is 0.861. The molecular formula is C12H21NO. The molecule has 0 unspecified atom stereocenters. The SMILES string of the molecule is CCCCCCOC1=CC=C(N)CC1. The van der Waals surface area contributed by atoms with Crippen molar-refractivity contribution in [2.45, 2.75) is 45.4 Å². The summed E-state index contributed by atoms with van der Waals surface area (Å²) in [6, 6.07) is 0. The first kappa shape index (κ1) is 11.2. The van der Waals surface area contributed by atoms with Crippen LogP contribution in [-0.4, -0.2) is 6.61 Å². The first-order chi connectivity index (χ1) is 6.83. The molecule has 0 radical (unpaired) electrons. The molecule has 14 heavy (non-hydrogen) atoms. The number of nitrogens with two attached hydrogens (primary N) is 1. The highest BCUT2D eigenvalue weighted by Gasteiger charge is 2.03. The van der Waals surface area contributed by atoms with Crippen LogP contribution in [-0.2, 0) is 4.74 Å². The molecule has 0 saturated heterocycles. The van der Waals surface area contributed by atoms with E-state index in [-0.39, 0.29) is 0 Å². The van der Waals surface area contributed by atoms with E-state index in [0.717, 1.165) is 30.9 Å². The van der Waals surface area contributed by atoms with Crippen LogP contribution in [0.15, 0.2) is 23.6 Å². The Bertz CT molecular complexity index is 218. The van der Waals surface area contributed by atoms with Gasteiger partial charge in [0.2, 0.25) is 0 Å². The zero-order valence-corrected chi connectivity index (χ0v) is 9.09. The van der Waals surface area contributed by atoms with Gasteiger partial charge < -0.3 is 10.5 Å². The normalized spacial score (nSPS) is 16.1. The molecule has 0 atom stereocenters. The number of rotatable bonds is 6. The van der Waals surface area contributed by atoms with Crippen LogP contribution in [0.5, 0.6) is 0 Å². The molecule has 0 spiro atoms. The fraction of sp³-hybridized carbons (Fsp3) is 0.667. The molecule has 0 bridgehead atoms. The van der Waals surface area contributed by atoms with Crippen LogP contribution in [0, 0.1) is 0 Å². The molecule has 2 nitrogen and oxygen atoms in total. The van der Waals surface area contributed by atoms with E-state index in [4.69, 9.17) is 10.5 Å². The lowest BCUT2D eigenvalue weighted by Gasteiger charge is -2.13. The number of allylic oxidation sites excluding steroid dienone is 4. The summed E-state index contributed by atoms with van der Waals surface area (Å²) in [5.41, 5.74) is 6.61. The molecule has 1 aliphatic rings. The number of hydrogen-bond donors (Lipinski definition) is 1. The summed E-state index contributed by atoms with van der Waals surface area (Å²) in [6.07, 6.45) is 10.9. The molecular weight excluding hydrogens is 174 g/mol. The average Bonchev–Trinajstić information content (AvgIpc) is 2.21. The summed E-state index contributed by atoms with van der Waals surface area (Å²) in [5, 5.41) is 0. The van der Waals surface area contributed by atoms with Crippen molar-refractivity contribution in [1.29, 1.82) is 0 Å². The Morgan fingerprint density at radius 3 is 2.71 bits per heavy atom. The fourth-order valence-electron chi connectivity index (χ4n) is 1.49. The van der Waals surface area contributed by atoms with Gasteiger partial charge in [-0.3, -0.25) is 0 Å². The van der Waals surface area contributed by atoms with Crippen molar-refractivity contribution in [1.82, 2.24) is 0 Å². The molecule has 0 aliphatic heterocycles. The molecule has 0 heterocycles. The third-order valence-corrected chi connectivity index (χ3v) is 2.43. The highest BCUT2D eigenvalue weighted by Crippen LogP contribution is 2.16. The maximum absolute atomic E-state index is 5.65. The predicted octanol–water partition coefficient (Wildman–Crippen LogP) is 3.10. The van der Waals surface area contributed by atoms with E-state index >= 15 is 0 Å². The van der Waals surface area contributed by atoms with Gasteiger partial charge in [-0.15, -0.1) is 0 Å². The Balaban J connectivity index is 2.07. The zero-order valence-electron chi connectivity index (χ0n) is 9.09. The van der Waals surface area contributed by atoms with Gasteiger partial charge in [-0.25, -0.2) is 0 Å². The van der Waals surface area contributed by atoms with Crippen LogP contribution in [0.25, 0.3) is 0 Å². The second-order valence-corrected chi connectivity index (χ2v) is 3.78. The minimum atomic E-state index is 0.861. The molecule has 0 fully saturated rings. The fourth-order valence-corrected chi connectivity index (χ4v) is 1.49. The second kappa shape index (κ2) is 6.52. The molecule has 1 aliphatic carbocycles. The first-order valence-electron chi connectivity index (χ1n) is 5.61. The Hall–Kier alpha value is -0.920. The van der Waals surface area contributed by atoms with E-state index in [0.29, 0.717) is 0 Å². The Kier molecular flexibility index (Phi) is 5.20. The van der Waals surface area contributed by atoms with Crippen molar-refractivity contribution in [3.63, 3.8) is 0 Å². The van der Waals surface area contributed by atoms with Crippen LogP contribution in [0.4, 0.5) is 0 Å². The van der Waals surface area contributed by atoms with Crippen LogP contribution < -0.4 is 5.73 Å². The molecule has 1 rings (SSSR count). The highest BCUT2D eigenvalue weighted by molar-refractivity contribution is 5.18. The van der Waals surface area contributed by atoms with Gasteiger partial charge in [0.1, 0.15) is 0 Å². The van der Waals surface area contributed by atoms with Crippen LogP contribution in [0.1, 0.15) is 45.4 Å². The quantitative estimate of drug-likeness (QED) is 0.661. The maximum atomic E-state index is 5.65. The Labute approximate surface area is 86.8 Å².